The topological polar surface area (TPSA) is 110 Å². The van der Waals surface area contributed by atoms with Crippen molar-refractivity contribution >= 4 is 22.1 Å². The number of carbonyl (C=O) groups excluding carboxylic acids is 2. The molecular formula is C36H57KO7S. The number of rotatable bonds is 27. The summed E-state index contributed by atoms with van der Waals surface area (Å²) in [5, 5.41) is 0. The molecule has 1 rings (SSSR count). The summed E-state index contributed by atoms with van der Waals surface area (Å²) in [6.45, 7) is 4.62. The van der Waals surface area contributed by atoms with Crippen LogP contribution in [0.3, 0.4) is 0 Å². The molecule has 0 aliphatic carbocycles. The van der Waals surface area contributed by atoms with Gasteiger partial charge in [-0.15, -0.1) is 0 Å². The minimum atomic E-state index is -5.01. The van der Waals surface area contributed by atoms with Crippen molar-refractivity contribution in [2.45, 2.75) is 147 Å². The van der Waals surface area contributed by atoms with Gasteiger partial charge in [-0.3, -0.25) is 0 Å². The van der Waals surface area contributed by atoms with Crippen molar-refractivity contribution in [2.24, 2.45) is 0 Å². The average Bonchev–Trinajstić information content (AvgIpc) is 3.00. The van der Waals surface area contributed by atoms with Gasteiger partial charge in [-0.1, -0.05) is 121 Å². The molecule has 0 aliphatic heterocycles. The van der Waals surface area contributed by atoms with Crippen molar-refractivity contribution in [1.82, 2.24) is 0 Å². The maximum absolute atomic E-state index is 12.9. The van der Waals surface area contributed by atoms with Crippen LogP contribution in [0.4, 0.5) is 0 Å². The standard InChI is InChI=1S/C36H58O7S.K/c1-3-5-7-9-11-13-15-17-19-21-23-25-30-42-35(37)32-28-27-29-33(44(39,40)41)34(32)36(38)43-31-26-24-22-20-18-16-14-12-10-8-6-4-2;/h9-12,27-29H,3-8,13-26,30-31H2,1-2H3,(H,39,40,41);/q;+1/p-1/b11-9+,12-10+;. The number of ether oxygens (including phenoxy) is 2. The van der Waals surface area contributed by atoms with E-state index in [1.54, 1.807) is 0 Å². The van der Waals surface area contributed by atoms with Gasteiger partial charge in [-0.05, 0) is 63.5 Å². The summed E-state index contributed by atoms with van der Waals surface area (Å²) < 4.78 is 46.3. The van der Waals surface area contributed by atoms with Crippen LogP contribution in [-0.4, -0.2) is 38.1 Å². The summed E-state index contributed by atoms with van der Waals surface area (Å²) in [5.74, 6) is -1.83. The fourth-order valence-electron chi connectivity index (χ4n) is 4.86. The Balaban J connectivity index is 0.0000194. The molecule has 250 valence electrons. The van der Waals surface area contributed by atoms with E-state index in [1.807, 2.05) is 0 Å². The molecule has 0 radical (unpaired) electrons. The molecule has 0 aliphatic rings. The van der Waals surface area contributed by atoms with Crippen LogP contribution in [0.5, 0.6) is 0 Å². The van der Waals surface area contributed by atoms with Gasteiger partial charge in [0, 0.05) is 0 Å². The quantitative estimate of drug-likeness (QED) is 0.0330. The van der Waals surface area contributed by atoms with Crippen molar-refractivity contribution in [2.75, 3.05) is 13.2 Å². The van der Waals surface area contributed by atoms with Gasteiger partial charge in [-0.2, -0.15) is 0 Å². The zero-order chi connectivity index (χ0) is 32.3. The predicted molar refractivity (Wildman–Crippen MR) is 177 cm³/mol. The van der Waals surface area contributed by atoms with Gasteiger partial charge in [0.15, 0.2) is 0 Å². The Kier molecular flexibility index (Phi) is 28.8. The molecule has 9 heteroatoms. The predicted octanol–water partition coefficient (Wildman–Crippen LogP) is 6.86. The molecule has 0 heterocycles. The Morgan fingerprint density at radius 2 is 1.02 bits per heavy atom. The number of carbonyl (C=O) groups is 2. The molecule has 7 nitrogen and oxygen atoms in total. The second-order valence-electron chi connectivity index (χ2n) is 11.5. The van der Waals surface area contributed by atoms with Gasteiger partial charge in [0.25, 0.3) is 0 Å². The van der Waals surface area contributed by atoms with Gasteiger partial charge < -0.3 is 14.0 Å². The summed E-state index contributed by atoms with van der Waals surface area (Å²) in [6.07, 6.45) is 30.5. The van der Waals surface area contributed by atoms with E-state index in [2.05, 4.69) is 38.2 Å². The molecule has 1 aromatic rings. The van der Waals surface area contributed by atoms with Gasteiger partial charge >= 0.3 is 63.3 Å². The van der Waals surface area contributed by atoms with Crippen LogP contribution in [0.2, 0.25) is 0 Å². The van der Waals surface area contributed by atoms with Gasteiger partial charge in [0.05, 0.1) is 29.2 Å². The molecule has 0 saturated heterocycles. The fourth-order valence-corrected chi connectivity index (χ4v) is 5.55. The van der Waals surface area contributed by atoms with Crippen molar-refractivity contribution in [1.29, 1.82) is 0 Å². The maximum atomic E-state index is 12.9. The Morgan fingerprint density at radius 3 is 1.47 bits per heavy atom. The Labute approximate surface area is 316 Å². The zero-order valence-corrected chi connectivity index (χ0v) is 32.3. The number of allylic oxidation sites excluding steroid dienone is 4. The van der Waals surface area contributed by atoms with Crippen molar-refractivity contribution < 1.29 is 83.4 Å². The zero-order valence-electron chi connectivity index (χ0n) is 28.4. The smallest absolute Gasteiger partial charge is 0.744 e. The number of esters is 2. The fraction of sp³-hybridized carbons (Fsp3) is 0.667. The number of benzene rings is 1. The molecule has 1 aromatic carbocycles. The SMILES string of the molecule is CCCC/C=C/CCCCCCCCOC(=O)c1cccc(S(=O)(=O)[O-])c1C(=O)OCCCCCCCC/C=C/CCCC.[K+]. The van der Waals surface area contributed by atoms with E-state index in [1.165, 1.54) is 44.2 Å². The molecule has 0 fully saturated rings. The second-order valence-corrected chi connectivity index (χ2v) is 12.8. The number of unbranched alkanes of at least 4 members (excludes halogenated alkanes) is 16. The number of hydrogen-bond acceptors (Lipinski definition) is 7. The minimum Gasteiger partial charge on any atom is -0.744 e. The third kappa shape index (κ3) is 22.4. The second kappa shape index (κ2) is 29.3. The van der Waals surface area contributed by atoms with Crippen molar-refractivity contribution in [3.8, 4) is 0 Å². The summed E-state index contributed by atoms with van der Waals surface area (Å²) >= 11 is 0. The summed E-state index contributed by atoms with van der Waals surface area (Å²) in [4.78, 5) is 24.9. The molecule has 0 bridgehead atoms. The van der Waals surface area contributed by atoms with E-state index in [0.717, 1.165) is 89.5 Å². The molecule has 0 spiro atoms. The van der Waals surface area contributed by atoms with Crippen LogP contribution in [-0.2, 0) is 19.6 Å². The van der Waals surface area contributed by atoms with Gasteiger partial charge in [0.2, 0.25) is 0 Å². The van der Waals surface area contributed by atoms with E-state index >= 15 is 0 Å². The van der Waals surface area contributed by atoms with E-state index in [4.69, 9.17) is 9.47 Å². The van der Waals surface area contributed by atoms with E-state index < -0.39 is 32.5 Å². The van der Waals surface area contributed by atoms with Crippen LogP contribution in [0.1, 0.15) is 163 Å². The monoisotopic (exact) mass is 672 g/mol. The van der Waals surface area contributed by atoms with Crippen LogP contribution in [0, 0.1) is 0 Å². The van der Waals surface area contributed by atoms with Crippen LogP contribution < -0.4 is 51.4 Å². The normalized spacial score (nSPS) is 11.6. The third-order valence-corrected chi connectivity index (χ3v) is 8.38. The van der Waals surface area contributed by atoms with E-state index in [-0.39, 0.29) is 70.2 Å². The molecular weight excluding hydrogens is 616 g/mol. The first-order chi connectivity index (χ1) is 21.3. The van der Waals surface area contributed by atoms with Crippen LogP contribution >= 0.6 is 0 Å². The van der Waals surface area contributed by atoms with Gasteiger partial charge in [0.1, 0.15) is 10.1 Å². The van der Waals surface area contributed by atoms with Crippen molar-refractivity contribution in [3.63, 3.8) is 0 Å². The Hall–Kier alpha value is -0.814. The molecule has 0 N–H and O–H groups in total. The van der Waals surface area contributed by atoms with Crippen molar-refractivity contribution in [3.05, 3.63) is 53.6 Å². The minimum absolute atomic E-state index is 0. The number of hydrogen-bond donors (Lipinski definition) is 0. The third-order valence-electron chi connectivity index (χ3n) is 7.50. The summed E-state index contributed by atoms with van der Waals surface area (Å²) in [7, 11) is -5.01. The Bertz CT molecular complexity index is 1080. The van der Waals surface area contributed by atoms with Gasteiger partial charge in [-0.25, -0.2) is 18.0 Å². The first-order valence-electron chi connectivity index (χ1n) is 17.1. The average molecular weight is 673 g/mol. The van der Waals surface area contributed by atoms with Crippen LogP contribution in [0.25, 0.3) is 0 Å². The summed E-state index contributed by atoms with van der Waals surface area (Å²) in [6, 6.07) is 3.58. The largest absolute Gasteiger partial charge is 1.00 e. The molecule has 0 saturated carbocycles. The van der Waals surface area contributed by atoms with E-state index in [9.17, 15) is 22.6 Å². The first kappa shape index (κ1) is 44.2. The van der Waals surface area contributed by atoms with E-state index in [0.29, 0.717) is 12.8 Å². The first-order valence-corrected chi connectivity index (χ1v) is 18.5. The maximum Gasteiger partial charge on any atom is 1.00 e. The summed E-state index contributed by atoms with van der Waals surface area (Å²) in [5.41, 5.74) is -0.800. The molecule has 0 aromatic heterocycles. The molecule has 0 amide bonds. The molecule has 0 unspecified atom stereocenters. The van der Waals surface area contributed by atoms with Crippen LogP contribution in [0.15, 0.2) is 47.4 Å². The Morgan fingerprint density at radius 1 is 0.622 bits per heavy atom. The molecule has 45 heavy (non-hydrogen) atoms. The molecule has 0 atom stereocenters.